The summed E-state index contributed by atoms with van der Waals surface area (Å²) in [5.41, 5.74) is 0.392. The number of aromatic amines is 1. The van der Waals surface area contributed by atoms with Gasteiger partial charge in [0.15, 0.2) is 10.4 Å². The molecule has 2 aromatic heterocycles. The van der Waals surface area contributed by atoms with Gasteiger partial charge in [-0.1, -0.05) is 17.7 Å². The third-order valence-electron chi connectivity index (χ3n) is 3.22. The van der Waals surface area contributed by atoms with E-state index in [2.05, 4.69) is 9.97 Å². The normalized spacial score (nSPS) is 12.0. The number of hydrogen-bond acceptors (Lipinski definition) is 4. The van der Waals surface area contributed by atoms with Gasteiger partial charge >= 0.3 is 6.18 Å². The molecule has 0 atom stereocenters. The van der Waals surface area contributed by atoms with Crippen LogP contribution in [0.5, 0.6) is 0 Å². The van der Waals surface area contributed by atoms with Crippen molar-refractivity contribution in [3.63, 3.8) is 0 Å². The van der Waals surface area contributed by atoms with Crippen LogP contribution in [0.25, 0.3) is 22.3 Å². The summed E-state index contributed by atoms with van der Waals surface area (Å²) >= 11 is 6.57. The molecule has 0 saturated carbocycles. The van der Waals surface area contributed by atoms with Gasteiger partial charge in [0.1, 0.15) is 0 Å². The molecule has 120 valence electrons. The Kier molecular flexibility index (Phi) is 3.91. The molecule has 0 bridgehead atoms. The smallest absolute Gasteiger partial charge is 0.392 e. The molecule has 3 aromatic rings. The molecule has 1 aromatic carbocycles. The van der Waals surface area contributed by atoms with Crippen molar-refractivity contribution >= 4 is 33.8 Å². The van der Waals surface area contributed by atoms with E-state index in [0.717, 1.165) is 0 Å². The van der Waals surface area contributed by atoms with Gasteiger partial charge in [0.25, 0.3) is 0 Å². The standard InChI is InChI=1S/C14H8ClF3N2O2S/c15-11-6(4-21)1-2-7-10(22)3-8(19-12(7)11)9-5-23-13(20-9)14(16,17)18/h1-3,5,21H,4H2,(H,19,22). The van der Waals surface area contributed by atoms with Crippen molar-refractivity contribution in [1.29, 1.82) is 0 Å². The van der Waals surface area contributed by atoms with E-state index in [0.29, 0.717) is 16.9 Å². The third kappa shape index (κ3) is 2.85. The van der Waals surface area contributed by atoms with Gasteiger partial charge in [-0.2, -0.15) is 13.2 Å². The molecule has 0 spiro atoms. The van der Waals surface area contributed by atoms with E-state index in [9.17, 15) is 23.1 Å². The van der Waals surface area contributed by atoms with Crippen molar-refractivity contribution in [2.45, 2.75) is 12.8 Å². The van der Waals surface area contributed by atoms with Crippen molar-refractivity contribution in [3.05, 3.63) is 49.4 Å². The zero-order chi connectivity index (χ0) is 16.8. The summed E-state index contributed by atoms with van der Waals surface area (Å²) < 4.78 is 37.9. The summed E-state index contributed by atoms with van der Waals surface area (Å²) in [6.45, 7) is -0.323. The van der Waals surface area contributed by atoms with E-state index in [1.165, 1.54) is 23.6 Å². The molecule has 3 rings (SSSR count). The summed E-state index contributed by atoms with van der Waals surface area (Å²) in [6.07, 6.45) is -4.54. The fourth-order valence-corrected chi connectivity index (χ4v) is 3.07. The van der Waals surface area contributed by atoms with Gasteiger partial charge in [-0.3, -0.25) is 4.79 Å². The molecule has 9 heteroatoms. The maximum Gasteiger partial charge on any atom is 0.443 e. The van der Waals surface area contributed by atoms with E-state index >= 15 is 0 Å². The molecule has 23 heavy (non-hydrogen) atoms. The Hall–Kier alpha value is -1.90. The first kappa shape index (κ1) is 16.0. The quantitative estimate of drug-likeness (QED) is 0.730. The first-order chi connectivity index (χ1) is 10.8. The van der Waals surface area contributed by atoms with Crippen molar-refractivity contribution in [2.75, 3.05) is 0 Å². The topological polar surface area (TPSA) is 66.0 Å². The number of hydrogen-bond donors (Lipinski definition) is 2. The van der Waals surface area contributed by atoms with Gasteiger partial charge in [-0.15, -0.1) is 11.3 Å². The van der Waals surface area contributed by atoms with E-state index in [1.54, 1.807) is 0 Å². The first-order valence-corrected chi connectivity index (χ1v) is 7.55. The highest BCUT2D eigenvalue weighted by Crippen LogP contribution is 2.34. The van der Waals surface area contributed by atoms with Gasteiger partial charge in [0.05, 0.1) is 28.5 Å². The number of alkyl halides is 3. The Morgan fingerprint density at radius 1 is 1.35 bits per heavy atom. The van der Waals surface area contributed by atoms with E-state index < -0.39 is 16.6 Å². The molecule has 0 fully saturated rings. The van der Waals surface area contributed by atoms with Crippen LogP contribution in [0, 0.1) is 0 Å². The van der Waals surface area contributed by atoms with Gasteiger partial charge in [0, 0.05) is 16.8 Å². The lowest BCUT2D eigenvalue weighted by molar-refractivity contribution is -0.137. The molecular formula is C14H8ClF3N2O2S. The molecule has 0 aliphatic heterocycles. The molecule has 2 heterocycles. The number of pyridine rings is 1. The predicted octanol–water partition coefficient (Wildman–Crippen LogP) is 3.82. The SMILES string of the molecule is O=c1cc(-c2csc(C(F)(F)F)n2)[nH]c2c(Cl)c(CO)ccc12. The van der Waals surface area contributed by atoms with Crippen LogP contribution in [-0.2, 0) is 12.8 Å². The minimum absolute atomic E-state index is 0.00629. The van der Waals surface area contributed by atoms with Gasteiger partial charge in [-0.25, -0.2) is 4.98 Å². The van der Waals surface area contributed by atoms with E-state index in [-0.39, 0.29) is 33.9 Å². The number of aliphatic hydroxyl groups is 1. The highest BCUT2D eigenvalue weighted by molar-refractivity contribution is 7.10. The molecule has 0 aliphatic rings. The minimum atomic E-state index is -4.54. The highest BCUT2D eigenvalue weighted by atomic mass is 35.5. The number of nitrogens with one attached hydrogen (secondary N) is 1. The number of benzene rings is 1. The lowest BCUT2D eigenvalue weighted by Gasteiger charge is -2.07. The fourth-order valence-electron chi connectivity index (χ4n) is 2.11. The monoisotopic (exact) mass is 360 g/mol. The molecule has 4 nitrogen and oxygen atoms in total. The summed E-state index contributed by atoms with van der Waals surface area (Å²) in [4.78, 5) is 18.5. The molecule has 0 amide bonds. The number of aromatic nitrogens is 2. The zero-order valence-corrected chi connectivity index (χ0v) is 12.8. The zero-order valence-electron chi connectivity index (χ0n) is 11.2. The summed E-state index contributed by atoms with van der Waals surface area (Å²) in [5.74, 6) is 0. The fraction of sp³-hybridized carbons (Fsp3) is 0.143. The summed E-state index contributed by atoms with van der Waals surface area (Å²) in [6, 6.07) is 4.19. The highest BCUT2D eigenvalue weighted by Gasteiger charge is 2.34. The van der Waals surface area contributed by atoms with E-state index in [4.69, 9.17) is 11.6 Å². The van der Waals surface area contributed by atoms with Gasteiger partial charge in [-0.05, 0) is 11.6 Å². The number of nitrogens with zero attached hydrogens (tertiary/aromatic N) is 1. The first-order valence-electron chi connectivity index (χ1n) is 6.29. The number of fused-ring (bicyclic) bond motifs is 1. The van der Waals surface area contributed by atoms with Crippen LogP contribution in [0.2, 0.25) is 5.02 Å². The average Bonchev–Trinajstić information content (AvgIpc) is 2.98. The van der Waals surface area contributed by atoms with Crippen molar-refractivity contribution in [3.8, 4) is 11.4 Å². The second kappa shape index (κ2) is 5.63. The summed E-state index contributed by atoms with van der Waals surface area (Å²) in [5, 5.41) is 9.86. The maximum absolute atomic E-state index is 12.6. The second-order valence-electron chi connectivity index (χ2n) is 4.70. The largest absolute Gasteiger partial charge is 0.443 e. The minimum Gasteiger partial charge on any atom is -0.392 e. The molecule has 0 unspecified atom stereocenters. The van der Waals surface area contributed by atoms with Crippen LogP contribution in [0.3, 0.4) is 0 Å². The van der Waals surface area contributed by atoms with Crippen LogP contribution in [0.15, 0.2) is 28.4 Å². The van der Waals surface area contributed by atoms with Crippen LogP contribution in [-0.4, -0.2) is 15.1 Å². The van der Waals surface area contributed by atoms with Crippen LogP contribution >= 0.6 is 22.9 Å². The van der Waals surface area contributed by atoms with Gasteiger partial charge < -0.3 is 10.1 Å². The van der Waals surface area contributed by atoms with Gasteiger partial charge in [0.2, 0.25) is 0 Å². The lowest BCUT2D eigenvalue weighted by Crippen LogP contribution is -2.06. The number of halogens is 4. The Labute approximate surface area is 136 Å². The average molecular weight is 361 g/mol. The maximum atomic E-state index is 12.6. The number of rotatable bonds is 2. The molecular weight excluding hydrogens is 353 g/mol. The van der Waals surface area contributed by atoms with Crippen LogP contribution in [0.1, 0.15) is 10.6 Å². The molecule has 0 aliphatic carbocycles. The Bertz CT molecular complexity index is 949. The number of aliphatic hydroxyl groups excluding tert-OH is 1. The summed E-state index contributed by atoms with van der Waals surface area (Å²) in [7, 11) is 0. The predicted molar refractivity (Wildman–Crippen MR) is 81.6 cm³/mol. The molecule has 0 radical (unpaired) electrons. The van der Waals surface area contributed by atoms with Crippen LogP contribution in [0.4, 0.5) is 13.2 Å². The number of thiazole rings is 1. The second-order valence-corrected chi connectivity index (χ2v) is 5.94. The Morgan fingerprint density at radius 3 is 2.70 bits per heavy atom. The van der Waals surface area contributed by atoms with Crippen molar-refractivity contribution in [1.82, 2.24) is 9.97 Å². The Balaban J connectivity index is 2.21. The van der Waals surface area contributed by atoms with Crippen molar-refractivity contribution in [2.24, 2.45) is 0 Å². The Morgan fingerprint density at radius 2 is 2.09 bits per heavy atom. The van der Waals surface area contributed by atoms with Crippen molar-refractivity contribution < 1.29 is 18.3 Å². The van der Waals surface area contributed by atoms with E-state index in [1.807, 2.05) is 0 Å². The molecule has 0 saturated heterocycles. The lowest BCUT2D eigenvalue weighted by atomic mass is 10.1. The third-order valence-corrected chi connectivity index (χ3v) is 4.53. The number of H-pyrrole nitrogens is 1. The van der Waals surface area contributed by atoms with Crippen LogP contribution < -0.4 is 5.43 Å². The molecule has 2 N–H and O–H groups in total.